The van der Waals surface area contributed by atoms with Gasteiger partial charge < -0.3 is 10.6 Å². The van der Waals surface area contributed by atoms with Gasteiger partial charge in [0.1, 0.15) is 0 Å². The van der Waals surface area contributed by atoms with Gasteiger partial charge >= 0.3 is 6.03 Å². The fraction of sp³-hybridized carbons (Fsp3) is 0.444. The second-order valence-corrected chi connectivity index (χ2v) is 6.79. The minimum absolute atomic E-state index is 0.0801. The number of allylic oxidation sites excluding steroid dienone is 2. The van der Waals surface area contributed by atoms with E-state index < -0.39 is 0 Å². The number of carbonyl (C=O) groups is 3. The van der Waals surface area contributed by atoms with Crippen molar-refractivity contribution in [3.63, 3.8) is 0 Å². The van der Waals surface area contributed by atoms with Crippen molar-refractivity contribution < 1.29 is 14.4 Å². The van der Waals surface area contributed by atoms with E-state index >= 15 is 0 Å². The predicted molar refractivity (Wildman–Crippen MR) is 90.3 cm³/mol. The molecule has 0 aromatic carbocycles. The molecule has 0 spiro atoms. The van der Waals surface area contributed by atoms with Crippen LogP contribution < -0.4 is 10.6 Å². The maximum absolute atomic E-state index is 12.6. The van der Waals surface area contributed by atoms with Crippen LogP contribution >= 0.6 is 0 Å². The molecule has 1 aliphatic heterocycles. The zero-order valence-corrected chi connectivity index (χ0v) is 13.7. The van der Waals surface area contributed by atoms with Gasteiger partial charge in [0, 0.05) is 19.3 Å². The van der Waals surface area contributed by atoms with Gasteiger partial charge in [-0.3, -0.25) is 19.5 Å². The normalized spacial score (nSPS) is 29.7. The van der Waals surface area contributed by atoms with Gasteiger partial charge in [0.2, 0.25) is 11.8 Å². The van der Waals surface area contributed by atoms with E-state index in [2.05, 4.69) is 27.8 Å². The van der Waals surface area contributed by atoms with Crippen molar-refractivity contribution in [1.82, 2.24) is 15.2 Å². The number of rotatable bonds is 4. The van der Waals surface area contributed by atoms with Crippen LogP contribution in [-0.4, -0.2) is 40.8 Å². The monoisotopic (exact) mass is 340 g/mol. The summed E-state index contributed by atoms with van der Waals surface area (Å²) in [6.45, 7) is 0.441. The fourth-order valence-corrected chi connectivity index (χ4v) is 4.25. The number of likely N-dealkylation sites (tertiary alicyclic amines) is 1. The standard InChI is InChI=1S/C18H20N4O3/c23-16-14-11-3-4-12(6-5-11)15(14)17(24)22(16)9-8-20-18(25)21-13-2-1-7-19-10-13/h1-4,7,10-12,14-15H,5-6,8-9H2,(H2,20,21,25)/t11-,12-,14+,15+/m0/s1. The molecule has 4 amide bonds. The van der Waals surface area contributed by atoms with Gasteiger partial charge in [0.15, 0.2) is 0 Å². The number of nitrogens with one attached hydrogen (secondary N) is 2. The summed E-state index contributed by atoms with van der Waals surface area (Å²) in [5.74, 6) is -0.162. The lowest BCUT2D eigenvalue weighted by molar-refractivity contribution is -0.140. The average molecular weight is 340 g/mol. The molecule has 1 saturated carbocycles. The summed E-state index contributed by atoms with van der Waals surface area (Å²) >= 11 is 0. The highest BCUT2D eigenvalue weighted by molar-refractivity contribution is 6.06. The predicted octanol–water partition coefficient (Wildman–Crippen LogP) is 1.40. The molecule has 4 atom stereocenters. The van der Waals surface area contributed by atoms with Crippen molar-refractivity contribution in [1.29, 1.82) is 0 Å². The molecule has 5 rings (SSSR count). The van der Waals surface area contributed by atoms with Gasteiger partial charge in [-0.15, -0.1) is 0 Å². The number of imide groups is 1. The summed E-state index contributed by atoms with van der Waals surface area (Å²) in [4.78, 5) is 42.4. The van der Waals surface area contributed by atoms with Gasteiger partial charge in [-0.1, -0.05) is 12.2 Å². The summed E-state index contributed by atoms with van der Waals surface area (Å²) < 4.78 is 0. The van der Waals surface area contributed by atoms with Gasteiger partial charge in [-0.05, 0) is 36.8 Å². The Morgan fingerprint density at radius 3 is 2.40 bits per heavy atom. The van der Waals surface area contributed by atoms with Crippen LogP contribution in [0.2, 0.25) is 0 Å². The number of amides is 4. The molecule has 0 unspecified atom stereocenters. The lowest BCUT2D eigenvalue weighted by Gasteiger charge is -2.38. The van der Waals surface area contributed by atoms with Crippen LogP contribution in [0.15, 0.2) is 36.7 Å². The molecule has 25 heavy (non-hydrogen) atoms. The Bertz CT molecular complexity index is 701. The highest BCUT2D eigenvalue weighted by Gasteiger charge is 2.56. The van der Waals surface area contributed by atoms with Crippen LogP contribution in [0.3, 0.4) is 0 Å². The smallest absolute Gasteiger partial charge is 0.319 e. The number of hydrogen-bond acceptors (Lipinski definition) is 4. The molecule has 1 aromatic heterocycles. The number of carbonyl (C=O) groups excluding carboxylic acids is 3. The van der Waals surface area contributed by atoms with E-state index in [0.717, 1.165) is 12.8 Å². The second kappa shape index (κ2) is 6.31. The topological polar surface area (TPSA) is 91.4 Å². The summed E-state index contributed by atoms with van der Waals surface area (Å²) in [5.41, 5.74) is 0.585. The zero-order chi connectivity index (χ0) is 17.4. The van der Waals surface area contributed by atoms with Crippen molar-refractivity contribution in [2.45, 2.75) is 12.8 Å². The SMILES string of the molecule is O=C(NCCN1C(=O)[C@H]2[C@H](C1=O)[C@H]1C=C[C@H]2CC1)Nc1cccnc1. The third-order valence-electron chi connectivity index (χ3n) is 5.39. The summed E-state index contributed by atoms with van der Waals surface area (Å²) in [5, 5.41) is 5.33. The molecule has 7 nitrogen and oxygen atoms in total. The van der Waals surface area contributed by atoms with E-state index in [-0.39, 0.29) is 54.6 Å². The van der Waals surface area contributed by atoms with Gasteiger partial charge in [0.25, 0.3) is 0 Å². The maximum Gasteiger partial charge on any atom is 0.319 e. The molecule has 2 fully saturated rings. The number of hydrogen-bond donors (Lipinski definition) is 2. The molecule has 2 bridgehead atoms. The van der Waals surface area contributed by atoms with Crippen molar-refractivity contribution in [2.75, 3.05) is 18.4 Å². The van der Waals surface area contributed by atoms with E-state index in [4.69, 9.17) is 0 Å². The third kappa shape index (κ3) is 2.79. The molecule has 7 heteroatoms. The van der Waals surface area contributed by atoms with E-state index in [1.807, 2.05) is 0 Å². The molecule has 1 saturated heterocycles. The van der Waals surface area contributed by atoms with E-state index in [1.165, 1.54) is 4.90 Å². The Morgan fingerprint density at radius 1 is 1.16 bits per heavy atom. The Morgan fingerprint density at radius 2 is 1.84 bits per heavy atom. The Balaban J connectivity index is 1.32. The molecule has 1 aromatic rings. The molecular weight excluding hydrogens is 320 g/mol. The first-order valence-electron chi connectivity index (χ1n) is 8.63. The highest BCUT2D eigenvalue weighted by Crippen LogP contribution is 2.49. The van der Waals surface area contributed by atoms with Gasteiger partial charge in [-0.2, -0.15) is 0 Å². The first-order chi connectivity index (χ1) is 12.1. The number of urea groups is 1. The highest BCUT2D eigenvalue weighted by atomic mass is 16.2. The number of pyridine rings is 1. The van der Waals surface area contributed by atoms with E-state index in [9.17, 15) is 14.4 Å². The lowest BCUT2D eigenvalue weighted by Crippen LogP contribution is -2.40. The first kappa shape index (κ1) is 15.8. The zero-order valence-electron chi connectivity index (χ0n) is 13.7. The summed E-state index contributed by atoms with van der Waals surface area (Å²) in [6, 6.07) is 3.07. The van der Waals surface area contributed by atoms with Crippen LogP contribution in [-0.2, 0) is 9.59 Å². The largest absolute Gasteiger partial charge is 0.336 e. The van der Waals surface area contributed by atoms with Gasteiger partial charge in [0.05, 0.1) is 23.7 Å². The number of fused-ring (bicyclic) bond motifs is 1. The van der Waals surface area contributed by atoms with E-state index in [0.29, 0.717) is 5.69 Å². The molecular formula is C18H20N4O3. The lowest BCUT2D eigenvalue weighted by atomic mass is 9.63. The Labute approximate surface area is 145 Å². The minimum atomic E-state index is -0.383. The molecule has 2 N–H and O–H groups in total. The van der Waals surface area contributed by atoms with E-state index in [1.54, 1.807) is 24.5 Å². The number of aromatic nitrogens is 1. The number of anilines is 1. The fourth-order valence-electron chi connectivity index (χ4n) is 4.25. The quantitative estimate of drug-likeness (QED) is 0.640. The number of nitrogens with zero attached hydrogens (tertiary/aromatic N) is 2. The third-order valence-corrected chi connectivity index (χ3v) is 5.39. The van der Waals surface area contributed by atoms with Crippen molar-refractivity contribution >= 4 is 23.5 Å². The Hall–Kier alpha value is -2.70. The summed E-state index contributed by atoms with van der Waals surface area (Å²) in [6.07, 6.45) is 9.34. The van der Waals surface area contributed by atoms with Crippen LogP contribution in [0.1, 0.15) is 12.8 Å². The van der Waals surface area contributed by atoms with Crippen LogP contribution in [0.25, 0.3) is 0 Å². The van der Waals surface area contributed by atoms with Crippen LogP contribution in [0, 0.1) is 23.7 Å². The molecule has 3 aliphatic carbocycles. The molecule has 2 heterocycles. The van der Waals surface area contributed by atoms with Crippen LogP contribution in [0.5, 0.6) is 0 Å². The van der Waals surface area contributed by atoms with Crippen molar-refractivity contribution in [3.8, 4) is 0 Å². The van der Waals surface area contributed by atoms with Gasteiger partial charge in [-0.25, -0.2) is 4.79 Å². The van der Waals surface area contributed by atoms with Crippen LogP contribution in [0.4, 0.5) is 10.5 Å². The van der Waals surface area contributed by atoms with Crippen molar-refractivity contribution in [3.05, 3.63) is 36.7 Å². The first-order valence-corrected chi connectivity index (χ1v) is 8.63. The average Bonchev–Trinajstić information content (AvgIpc) is 2.90. The Kier molecular flexibility index (Phi) is 3.99. The molecule has 130 valence electrons. The van der Waals surface area contributed by atoms with Crippen molar-refractivity contribution in [2.24, 2.45) is 23.7 Å². The minimum Gasteiger partial charge on any atom is -0.336 e. The molecule has 4 aliphatic rings. The second-order valence-electron chi connectivity index (χ2n) is 6.79. The summed E-state index contributed by atoms with van der Waals surface area (Å²) in [7, 11) is 0. The molecule has 0 radical (unpaired) electrons. The maximum atomic E-state index is 12.6.